The number of Topliss-reactive ketones (excluding diaryl/α,β-unsaturated/α-hetero) is 1. The number of furan rings is 1. The molecule has 0 amide bonds. The molecule has 1 aromatic heterocycles. The summed E-state index contributed by atoms with van der Waals surface area (Å²) < 4.78 is 5.21. The summed E-state index contributed by atoms with van der Waals surface area (Å²) in [5, 5.41) is 3.81. The summed E-state index contributed by atoms with van der Waals surface area (Å²) in [6.07, 6.45) is 1.62. The Morgan fingerprint density at radius 1 is 1.42 bits per heavy atom. The monoisotopic (exact) mass is 277 g/mol. The molecule has 1 N–H and O–H groups in total. The van der Waals surface area contributed by atoms with Crippen LogP contribution in [-0.4, -0.2) is 11.8 Å². The third-order valence-corrected chi connectivity index (χ3v) is 3.42. The van der Waals surface area contributed by atoms with Crippen molar-refractivity contribution in [1.29, 1.82) is 0 Å². The predicted molar refractivity (Wildman–Crippen MR) is 75.5 cm³/mol. The summed E-state index contributed by atoms with van der Waals surface area (Å²) in [6, 6.07) is 8.75. The van der Waals surface area contributed by atoms with Crippen molar-refractivity contribution in [3.05, 3.63) is 58.5 Å². The normalized spacial score (nSPS) is 12.4. The molecule has 3 nitrogen and oxygen atoms in total. The Kier molecular flexibility index (Phi) is 4.40. The van der Waals surface area contributed by atoms with E-state index in [2.05, 4.69) is 5.32 Å². The molecule has 0 aliphatic rings. The van der Waals surface area contributed by atoms with E-state index in [0.717, 1.165) is 11.3 Å². The number of rotatable bonds is 5. The SMILES string of the molecule is Cc1cc(C(=O)C(C)NCc2ccco2)ccc1Cl. The second kappa shape index (κ2) is 6.04. The van der Waals surface area contributed by atoms with Crippen LogP contribution in [0.4, 0.5) is 0 Å². The smallest absolute Gasteiger partial charge is 0.179 e. The summed E-state index contributed by atoms with van der Waals surface area (Å²) in [5.74, 6) is 0.859. The number of nitrogens with one attached hydrogen (secondary N) is 1. The quantitative estimate of drug-likeness (QED) is 0.849. The summed E-state index contributed by atoms with van der Waals surface area (Å²) in [7, 11) is 0. The number of hydrogen-bond donors (Lipinski definition) is 1. The van der Waals surface area contributed by atoms with Crippen LogP contribution in [0.5, 0.6) is 0 Å². The average molecular weight is 278 g/mol. The van der Waals surface area contributed by atoms with Crippen molar-refractivity contribution in [2.45, 2.75) is 26.4 Å². The van der Waals surface area contributed by atoms with Crippen LogP contribution >= 0.6 is 11.6 Å². The van der Waals surface area contributed by atoms with E-state index in [9.17, 15) is 4.79 Å². The van der Waals surface area contributed by atoms with Gasteiger partial charge in [-0.2, -0.15) is 0 Å². The lowest BCUT2D eigenvalue weighted by Crippen LogP contribution is -2.33. The molecule has 0 bridgehead atoms. The van der Waals surface area contributed by atoms with Crippen LogP contribution in [0.25, 0.3) is 0 Å². The topological polar surface area (TPSA) is 42.2 Å². The van der Waals surface area contributed by atoms with Crippen molar-refractivity contribution in [2.75, 3.05) is 0 Å². The molecule has 2 aromatic rings. The molecule has 0 spiro atoms. The lowest BCUT2D eigenvalue weighted by molar-refractivity contribution is 0.0949. The molecule has 0 aliphatic heterocycles. The fourth-order valence-corrected chi connectivity index (χ4v) is 1.93. The van der Waals surface area contributed by atoms with Gasteiger partial charge in [-0.1, -0.05) is 11.6 Å². The van der Waals surface area contributed by atoms with Gasteiger partial charge < -0.3 is 9.73 Å². The van der Waals surface area contributed by atoms with Gasteiger partial charge in [-0.05, 0) is 49.7 Å². The van der Waals surface area contributed by atoms with Gasteiger partial charge in [0.2, 0.25) is 0 Å². The molecule has 4 heteroatoms. The van der Waals surface area contributed by atoms with Crippen LogP contribution in [0.2, 0.25) is 5.02 Å². The van der Waals surface area contributed by atoms with E-state index in [1.165, 1.54) is 0 Å². The Labute approximate surface area is 117 Å². The maximum absolute atomic E-state index is 12.2. The molecule has 0 fully saturated rings. The first-order valence-corrected chi connectivity index (χ1v) is 6.52. The minimum Gasteiger partial charge on any atom is -0.468 e. The Morgan fingerprint density at radius 3 is 2.84 bits per heavy atom. The second-order valence-electron chi connectivity index (χ2n) is 4.51. The van der Waals surface area contributed by atoms with E-state index < -0.39 is 0 Å². The van der Waals surface area contributed by atoms with E-state index in [1.807, 2.05) is 32.0 Å². The lowest BCUT2D eigenvalue weighted by Gasteiger charge is -2.12. The molecular formula is C15H16ClNO2. The molecule has 100 valence electrons. The van der Waals surface area contributed by atoms with E-state index in [-0.39, 0.29) is 11.8 Å². The standard InChI is InChI=1S/C15H16ClNO2/c1-10-8-12(5-6-14(10)16)15(18)11(2)17-9-13-4-3-7-19-13/h3-8,11,17H,9H2,1-2H3. The maximum atomic E-state index is 12.2. The number of halogens is 1. The Morgan fingerprint density at radius 2 is 2.21 bits per heavy atom. The number of aryl methyl sites for hydroxylation is 1. The lowest BCUT2D eigenvalue weighted by atomic mass is 10.0. The predicted octanol–water partition coefficient (Wildman–Crippen LogP) is 3.60. The van der Waals surface area contributed by atoms with Crippen LogP contribution in [0, 0.1) is 6.92 Å². The summed E-state index contributed by atoms with van der Waals surface area (Å²) in [5.41, 5.74) is 1.58. The molecule has 1 heterocycles. The van der Waals surface area contributed by atoms with Gasteiger partial charge in [0.1, 0.15) is 5.76 Å². The third kappa shape index (κ3) is 3.46. The third-order valence-electron chi connectivity index (χ3n) is 3.00. The van der Waals surface area contributed by atoms with Crippen molar-refractivity contribution in [3.8, 4) is 0 Å². The number of carbonyl (C=O) groups is 1. The number of ketones is 1. The highest BCUT2D eigenvalue weighted by Gasteiger charge is 2.15. The molecule has 19 heavy (non-hydrogen) atoms. The van der Waals surface area contributed by atoms with Gasteiger partial charge in [0.05, 0.1) is 18.8 Å². The first kappa shape index (κ1) is 13.8. The summed E-state index contributed by atoms with van der Waals surface area (Å²) in [4.78, 5) is 12.2. The number of benzene rings is 1. The molecule has 1 aromatic carbocycles. The molecule has 1 atom stereocenters. The Bertz CT molecular complexity index is 564. The molecule has 0 saturated carbocycles. The number of hydrogen-bond acceptors (Lipinski definition) is 3. The highest BCUT2D eigenvalue weighted by molar-refractivity contribution is 6.31. The highest BCUT2D eigenvalue weighted by atomic mass is 35.5. The van der Waals surface area contributed by atoms with Crippen molar-refractivity contribution < 1.29 is 9.21 Å². The molecule has 0 radical (unpaired) electrons. The van der Waals surface area contributed by atoms with Gasteiger partial charge in [-0.15, -0.1) is 0 Å². The van der Waals surface area contributed by atoms with Crippen LogP contribution < -0.4 is 5.32 Å². The van der Waals surface area contributed by atoms with Crippen LogP contribution in [0.3, 0.4) is 0 Å². The van der Waals surface area contributed by atoms with Gasteiger partial charge in [-0.3, -0.25) is 4.79 Å². The van der Waals surface area contributed by atoms with Gasteiger partial charge in [0.25, 0.3) is 0 Å². The molecular weight excluding hydrogens is 262 g/mol. The van der Waals surface area contributed by atoms with E-state index in [4.69, 9.17) is 16.0 Å². The maximum Gasteiger partial charge on any atom is 0.179 e. The van der Waals surface area contributed by atoms with Crippen molar-refractivity contribution in [3.63, 3.8) is 0 Å². The van der Waals surface area contributed by atoms with Gasteiger partial charge in [0, 0.05) is 10.6 Å². The zero-order chi connectivity index (χ0) is 13.8. The van der Waals surface area contributed by atoms with Crippen LogP contribution in [0.1, 0.15) is 28.6 Å². The molecule has 2 rings (SSSR count). The molecule has 0 saturated heterocycles. The summed E-state index contributed by atoms with van der Waals surface area (Å²) >= 11 is 5.95. The van der Waals surface area contributed by atoms with Crippen molar-refractivity contribution >= 4 is 17.4 Å². The van der Waals surface area contributed by atoms with E-state index in [0.29, 0.717) is 17.1 Å². The fraction of sp³-hybridized carbons (Fsp3) is 0.267. The number of carbonyl (C=O) groups excluding carboxylic acids is 1. The van der Waals surface area contributed by atoms with Gasteiger partial charge in [0.15, 0.2) is 5.78 Å². The largest absolute Gasteiger partial charge is 0.468 e. The van der Waals surface area contributed by atoms with Crippen molar-refractivity contribution in [2.24, 2.45) is 0 Å². The minimum absolute atomic E-state index is 0.0475. The average Bonchev–Trinajstić information content (AvgIpc) is 2.91. The van der Waals surface area contributed by atoms with Gasteiger partial charge in [-0.25, -0.2) is 0 Å². The molecule has 1 unspecified atom stereocenters. The zero-order valence-corrected chi connectivity index (χ0v) is 11.7. The van der Waals surface area contributed by atoms with E-state index in [1.54, 1.807) is 18.4 Å². The van der Waals surface area contributed by atoms with E-state index >= 15 is 0 Å². The highest BCUT2D eigenvalue weighted by Crippen LogP contribution is 2.17. The first-order chi connectivity index (χ1) is 9.08. The Hall–Kier alpha value is -1.58. The van der Waals surface area contributed by atoms with Gasteiger partial charge >= 0.3 is 0 Å². The van der Waals surface area contributed by atoms with Crippen LogP contribution in [-0.2, 0) is 6.54 Å². The second-order valence-corrected chi connectivity index (χ2v) is 4.92. The zero-order valence-electron chi connectivity index (χ0n) is 10.9. The summed E-state index contributed by atoms with van der Waals surface area (Å²) in [6.45, 7) is 4.27. The van der Waals surface area contributed by atoms with Crippen LogP contribution in [0.15, 0.2) is 41.0 Å². The Balaban J connectivity index is 2.00. The first-order valence-electron chi connectivity index (χ1n) is 6.14. The molecule has 0 aliphatic carbocycles. The minimum atomic E-state index is -0.273. The fourth-order valence-electron chi connectivity index (χ4n) is 1.81. The van der Waals surface area contributed by atoms with Crippen molar-refractivity contribution in [1.82, 2.24) is 5.32 Å².